The van der Waals surface area contributed by atoms with E-state index >= 15 is 0 Å². The van der Waals surface area contributed by atoms with Crippen LogP contribution >= 0.6 is 0 Å². The van der Waals surface area contributed by atoms with E-state index in [1.165, 1.54) is 12.1 Å². The van der Waals surface area contributed by atoms with E-state index in [1.54, 1.807) is 33.8 Å². The molecule has 29 heavy (non-hydrogen) atoms. The zero-order valence-electron chi connectivity index (χ0n) is 15.7. The zero-order valence-corrected chi connectivity index (χ0v) is 15.7. The van der Waals surface area contributed by atoms with Gasteiger partial charge in [0.15, 0.2) is 5.65 Å². The molecule has 1 amide bonds. The summed E-state index contributed by atoms with van der Waals surface area (Å²) in [6.07, 6.45) is 3.47. The van der Waals surface area contributed by atoms with Gasteiger partial charge in [-0.3, -0.25) is 4.79 Å². The first kappa shape index (κ1) is 17.5. The van der Waals surface area contributed by atoms with Gasteiger partial charge in [-0.25, -0.2) is 13.9 Å². The second-order valence-corrected chi connectivity index (χ2v) is 7.17. The molecule has 0 bridgehead atoms. The third-order valence-corrected chi connectivity index (χ3v) is 5.23. The monoisotopic (exact) mass is 391 g/mol. The highest BCUT2D eigenvalue weighted by Crippen LogP contribution is 2.33. The first-order valence-electron chi connectivity index (χ1n) is 9.45. The molecular weight excluding hydrogens is 373 g/mol. The molecule has 146 valence electrons. The highest BCUT2D eigenvalue weighted by Gasteiger charge is 2.34. The Morgan fingerprint density at radius 3 is 2.86 bits per heavy atom. The molecule has 4 heterocycles. The first-order valence-corrected chi connectivity index (χ1v) is 9.45. The van der Waals surface area contributed by atoms with E-state index in [1.807, 2.05) is 19.1 Å². The fourth-order valence-electron chi connectivity index (χ4n) is 3.87. The number of halogens is 1. The first-order chi connectivity index (χ1) is 14.1. The van der Waals surface area contributed by atoms with E-state index in [4.69, 9.17) is 4.52 Å². The maximum atomic E-state index is 13.2. The number of hydrogen-bond donors (Lipinski definition) is 0. The number of nitrogens with zero attached hydrogens (tertiary/aromatic N) is 5. The van der Waals surface area contributed by atoms with Crippen molar-refractivity contribution in [3.8, 4) is 11.3 Å². The van der Waals surface area contributed by atoms with Gasteiger partial charge in [-0.2, -0.15) is 5.10 Å². The molecule has 0 aliphatic carbocycles. The lowest BCUT2D eigenvalue weighted by Gasteiger charge is -2.24. The molecule has 0 unspecified atom stereocenters. The number of benzene rings is 1. The SMILES string of the molecule is Cc1cc2nccc([C@H]3CCCN3C(=O)c3cc(-c4ccc(F)cc4)no3)n2n1. The number of fused-ring (bicyclic) bond motifs is 1. The second-order valence-electron chi connectivity index (χ2n) is 7.17. The summed E-state index contributed by atoms with van der Waals surface area (Å²) in [6, 6.07) is 11.2. The summed E-state index contributed by atoms with van der Waals surface area (Å²) in [7, 11) is 0. The Hall–Kier alpha value is -3.55. The molecule has 1 aliphatic heterocycles. The molecule has 4 aromatic rings. The summed E-state index contributed by atoms with van der Waals surface area (Å²) in [5, 5.41) is 8.51. The lowest BCUT2D eigenvalue weighted by molar-refractivity contribution is 0.0689. The lowest BCUT2D eigenvalue weighted by atomic mass is 10.1. The summed E-state index contributed by atoms with van der Waals surface area (Å²) >= 11 is 0. The number of likely N-dealkylation sites (tertiary alicyclic amines) is 1. The number of amides is 1. The van der Waals surface area contributed by atoms with Gasteiger partial charge in [0.2, 0.25) is 5.76 Å². The van der Waals surface area contributed by atoms with Gasteiger partial charge >= 0.3 is 0 Å². The minimum Gasteiger partial charge on any atom is -0.350 e. The molecule has 1 fully saturated rings. The summed E-state index contributed by atoms with van der Waals surface area (Å²) in [5.74, 6) is -0.383. The smallest absolute Gasteiger partial charge is 0.293 e. The Labute approximate surface area is 165 Å². The van der Waals surface area contributed by atoms with Crippen LogP contribution in [0.25, 0.3) is 16.9 Å². The van der Waals surface area contributed by atoms with Crippen molar-refractivity contribution in [3.63, 3.8) is 0 Å². The number of aryl methyl sites for hydroxylation is 1. The summed E-state index contributed by atoms with van der Waals surface area (Å²) in [5.41, 5.74) is 3.75. The van der Waals surface area contributed by atoms with Crippen LogP contribution in [-0.4, -0.2) is 37.1 Å². The third kappa shape index (κ3) is 3.06. The number of carbonyl (C=O) groups is 1. The van der Waals surface area contributed by atoms with Crippen LogP contribution in [0.1, 0.15) is 40.8 Å². The Morgan fingerprint density at radius 2 is 2.03 bits per heavy atom. The van der Waals surface area contributed by atoms with E-state index in [2.05, 4.69) is 15.2 Å². The van der Waals surface area contributed by atoms with Crippen LogP contribution in [0.2, 0.25) is 0 Å². The van der Waals surface area contributed by atoms with Gasteiger partial charge in [-0.15, -0.1) is 0 Å². The van der Waals surface area contributed by atoms with Crippen molar-refractivity contribution in [1.82, 2.24) is 24.7 Å². The van der Waals surface area contributed by atoms with Gasteiger partial charge in [0.05, 0.1) is 17.4 Å². The molecule has 7 nitrogen and oxygen atoms in total. The van der Waals surface area contributed by atoms with Crippen LogP contribution in [0.4, 0.5) is 4.39 Å². The van der Waals surface area contributed by atoms with E-state index < -0.39 is 0 Å². The summed E-state index contributed by atoms with van der Waals surface area (Å²) in [4.78, 5) is 19.3. The molecule has 1 saturated heterocycles. The van der Waals surface area contributed by atoms with E-state index in [-0.39, 0.29) is 23.5 Å². The van der Waals surface area contributed by atoms with Crippen molar-refractivity contribution in [1.29, 1.82) is 0 Å². The normalized spacial score (nSPS) is 16.6. The molecule has 5 rings (SSSR count). The quantitative estimate of drug-likeness (QED) is 0.531. The predicted molar refractivity (Wildman–Crippen MR) is 103 cm³/mol. The molecular formula is C21H18FN5O2. The Balaban J connectivity index is 1.45. The van der Waals surface area contributed by atoms with E-state index in [9.17, 15) is 9.18 Å². The summed E-state index contributed by atoms with van der Waals surface area (Å²) in [6.45, 7) is 2.54. The molecule has 1 aromatic carbocycles. The maximum absolute atomic E-state index is 13.2. The third-order valence-electron chi connectivity index (χ3n) is 5.23. The number of hydrogen-bond acceptors (Lipinski definition) is 5. The molecule has 0 radical (unpaired) electrons. The van der Waals surface area contributed by atoms with Crippen LogP contribution in [-0.2, 0) is 0 Å². The van der Waals surface area contributed by atoms with E-state index in [0.717, 1.165) is 29.9 Å². The maximum Gasteiger partial charge on any atom is 0.293 e. The highest BCUT2D eigenvalue weighted by molar-refractivity contribution is 5.93. The Morgan fingerprint density at radius 1 is 1.21 bits per heavy atom. The summed E-state index contributed by atoms with van der Waals surface area (Å²) < 4.78 is 20.3. The average molecular weight is 391 g/mol. The Bertz CT molecular complexity index is 1200. The van der Waals surface area contributed by atoms with Crippen molar-refractivity contribution in [3.05, 3.63) is 71.6 Å². The predicted octanol–water partition coefficient (Wildman–Crippen LogP) is 3.81. The molecule has 3 aromatic heterocycles. The Kier molecular flexibility index (Phi) is 4.12. The molecule has 1 atom stereocenters. The highest BCUT2D eigenvalue weighted by atomic mass is 19.1. The topological polar surface area (TPSA) is 76.5 Å². The van der Waals surface area contributed by atoms with Crippen molar-refractivity contribution < 1.29 is 13.7 Å². The minimum atomic E-state index is -0.328. The molecule has 8 heteroatoms. The van der Waals surface area contributed by atoms with Gasteiger partial charge in [0, 0.05) is 30.4 Å². The van der Waals surface area contributed by atoms with Crippen molar-refractivity contribution in [2.45, 2.75) is 25.8 Å². The molecule has 0 saturated carbocycles. The van der Waals surface area contributed by atoms with Crippen LogP contribution in [0.15, 0.2) is 53.2 Å². The number of rotatable bonds is 3. The average Bonchev–Trinajstić information content (AvgIpc) is 3.46. The lowest BCUT2D eigenvalue weighted by Crippen LogP contribution is -2.31. The van der Waals surface area contributed by atoms with Crippen LogP contribution in [0, 0.1) is 12.7 Å². The largest absolute Gasteiger partial charge is 0.350 e. The fraction of sp³-hybridized carbons (Fsp3) is 0.238. The standard InChI is InChI=1S/C21H18FN5O2/c1-13-11-20-23-9-8-18(27(20)24-13)17-3-2-10-26(17)21(28)19-12-16(25-29-19)14-4-6-15(22)7-5-14/h4-9,11-12,17H,2-3,10H2,1H3/t17-/m1/s1. The molecule has 0 spiro atoms. The van der Waals surface area contributed by atoms with Crippen molar-refractivity contribution in [2.24, 2.45) is 0 Å². The number of aromatic nitrogens is 4. The van der Waals surface area contributed by atoms with Gasteiger partial charge in [0.1, 0.15) is 11.5 Å². The van der Waals surface area contributed by atoms with Crippen LogP contribution in [0.3, 0.4) is 0 Å². The van der Waals surface area contributed by atoms with Crippen molar-refractivity contribution in [2.75, 3.05) is 6.54 Å². The molecule has 1 aliphatic rings. The van der Waals surface area contributed by atoms with Gasteiger partial charge in [-0.1, -0.05) is 5.16 Å². The van der Waals surface area contributed by atoms with Crippen molar-refractivity contribution >= 4 is 11.6 Å². The fourth-order valence-corrected chi connectivity index (χ4v) is 3.87. The van der Waals surface area contributed by atoms with Crippen LogP contribution < -0.4 is 0 Å². The van der Waals surface area contributed by atoms with Gasteiger partial charge in [-0.05, 0) is 50.1 Å². The minimum absolute atomic E-state index is 0.119. The van der Waals surface area contributed by atoms with Gasteiger partial charge < -0.3 is 9.42 Å². The molecule has 0 N–H and O–H groups in total. The van der Waals surface area contributed by atoms with E-state index in [0.29, 0.717) is 17.8 Å². The van der Waals surface area contributed by atoms with Crippen LogP contribution in [0.5, 0.6) is 0 Å². The zero-order chi connectivity index (χ0) is 20.0. The second kappa shape index (κ2) is 6.80. The van der Waals surface area contributed by atoms with Gasteiger partial charge in [0.25, 0.3) is 5.91 Å². The number of carbonyl (C=O) groups excluding carboxylic acids is 1.